The number of carbonyl (C=O) groups excluding carboxylic acids is 2. The quantitative estimate of drug-likeness (QED) is 0.184. The Bertz CT molecular complexity index is 557. The van der Waals surface area contributed by atoms with Gasteiger partial charge in [0.25, 0.3) is 0 Å². The summed E-state index contributed by atoms with van der Waals surface area (Å²) < 4.78 is 0. The van der Waals surface area contributed by atoms with Crippen molar-refractivity contribution in [3.8, 4) is 0 Å². The van der Waals surface area contributed by atoms with Gasteiger partial charge in [0, 0.05) is 0 Å². The van der Waals surface area contributed by atoms with Crippen LogP contribution in [0.3, 0.4) is 0 Å². The van der Waals surface area contributed by atoms with Gasteiger partial charge in [-0.2, -0.15) is 32.6 Å². The van der Waals surface area contributed by atoms with Crippen LogP contribution in [0.5, 0.6) is 0 Å². The van der Waals surface area contributed by atoms with Crippen molar-refractivity contribution in [2.45, 2.75) is 144 Å². The second-order valence-electron chi connectivity index (χ2n) is 16.8. The first-order valence-electron chi connectivity index (χ1n) is 15.1. The number of hydrogen-bond donors (Lipinski definition) is 0. The van der Waals surface area contributed by atoms with Gasteiger partial charge in [0.1, 0.15) is 0 Å². The third-order valence-electron chi connectivity index (χ3n) is 4.36. The van der Waals surface area contributed by atoms with Crippen molar-refractivity contribution < 1.29 is 61.0 Å². The summed E-state index contributed by atoms with van der Waals surface area (Å²) >= 11 is 0. The smallest absolute Gasteiger partial charge is 0.542 e. The fourth-order valence-electron chi connectivity index (χ4n) is 2.70. The molecule has 2 nitrogen and oxygen atoms in total. The van der Waals surface area contributed by atoms with Gasteiger partial charge in [-0.05, 0) is 52.8 Å². The number of hydrogen-bond acceptors (Lipinski definition) is 2. The van der Waals surface area contributed by atoms with Crippen molar-refractivity contribution in [2.24, 2.45) is 51.8 Å². The standard InChI is InChI=1S/C10H12O2.C8H14.3C5H12.C4H9.K/c1-7-3-4-8(2)10(6-12)9(7)5-11;1-7-3-5-8(2)6-4-7;3*1-5(2,3)4;1-4(2)3;/h3-4,7-10H,1-2H3;3,5,7-8H,4,6H2,1-2H3;3*1-4H3;1-3H3;/q-2;;;;;-1;+1. The zero-order chi connectivity index (χ0) is 32.2. The molecule has 0 heterocycles. The number of rotatable bonds is 2. The number of allylic oxidation sites excluding steroid dienone is 4. The van der Waals surface area contributed by atoms with Crippen LogP contribution in [-0.2, 0) is 9.59 Å². The fraction of sp³-hybridized carbons (Fsp3) is 0.811. The van der Waals surface area contributed by atoms with Crippen LogP contribution in [0, 0.1) is 57.7 Å². The first-order chi connectivity index (χ1) is 17.2. The molecule has 6 unspecified atom stereocenters. The molecule has 3 heteroatoms. The minimum atomic E-state index is -0.303. The maximum atomic E-state index is 10.5. The molecular formula is C37H71KO2-2. The molecule has 6 atom stereocenters. The van der Waals surface area contributed by atoms with Crippen LogP contribution in [-0.4, -0.2) is 12.6 Å². The van der Waals surface area contributed by atoms with E-state index >= 15 is 0 Å². The van der Waals surface area contributed by atoms with E-state index in [-0.39, 0.29) is 75.1 Å². The van der Waals surface area contributed by atoms with E-state index in [2.05, 4.69) is 130 Å². The molecule has 0 aliphatic heterocycles. The van der Waals surface area contributed by atoms with Gasteiger partial charge in [0.2, 0.25) is 0 Å². The summed E-state index contributed by atoms with van der Waals surface area (Å²) in [5, 5.41) is 0. The summed E-state index contributed by atoms with van der Waals surface area (Å²) in [6.45, 7) is 40.9. The summed E-state index contributed by atoms with van der Waals surface area (Å²) in [5.74, 6) is 2.72. The molecule has 0 aromatic rings. The first-order valence-corrected chi connectivity index (χ1v) is 15.1. The first kappa shape index (κ1) is 50.1. The van der Waals surface area contributed by atoms with E-state index in [9.17, 15) is 9.59 Å². The van der Waals surface area contributed by atoms with Crippen LogP contribution < -0.4 is 51.4 Å². The summed E-state index contributed by atoms with van der Waals surface area (Å²) in [4.78, 5) is 21.1. The van der Waals surface area contributed by atoms with Crippen LogP contribution in [0.25, 0.3) is 0 Å². The van der Waals surface area contributed by atoms with Crippen LogP contribution in [0.15, 0.2) is 24.3 Å². The molecule has 2 aliphatic rings. The average molecular weight is 587 g/mol. The van der Waals surface area contributed by atoms with Gasteiger partial charge in [-0.15, -0.1) is 0 Å². The minimum absolute atomic E-state index is 0. The Morgan fingerprint density at radius 3 is 0.825 bits per heavy atom. The Morgan fingerprint density at radius 2 is 0.700 bits per heavy atom. The van der Waals surface area contributed by atoms with Gasteiger partial charge in [-0.25, -0.2) is 0 Å². The zero-order valence-corrected chi connectivity index (χ0v) is 34.1. The Kier molecular flexibility index (Phi) is 32.5. The molecule has 40 heavy (non-hydrogen) atoms. The van der Waals surface area contributed by atoms with E-state index in [0.717, 1.165) is 11.8 Å². The molecule has 0 aromatic carbocycles. The maximum absolute atomic E-state index is 10.5. The molecule has 0 aromatic heterocycles. The van der Waals surface area contributed by atoms with E-state index < -0.39 is 0 Å². The molecule has 0 bridgehead atoms. The molecule has 2 aliphatic carbocycles. The summed E-state index contributed by atoms with van der Waals surface area (Å²) in [6, 6.07) is 0. The molecule has 0 fully saturated rings. The van der Waals surface area contributed by atoms with Crippen LogP contribution >= 0.6 is 0 Å². The van der Waals surface area contributed by atoms with Gasteiger partial charge < -0.3 is 15.5 Å². The Balaban J connectivity index is -0.000000129. The molecule has 0 saturated carbocycles. The predicted octanol–water partition coefficient (Wildman–Crippen LogP) is 8.67. The monoisotopic (exact) mass is 587 g/mol. The van der Waals surface area contributed by atoms with E-state index in [4.69, 9.17) is 0 Å². The van der Waals surface area contributed by atoms with E-state index in [1.165, 1.54) is 18.8 Å². The summed E-state index contributed by atoms with van der Waals surface area (Å²) in [6.07, 6.45) is 15.2. The topological polar surface area (TPSA) is 34.1 Å². The van der Waals surface area contributed by atoms with Gasteiger partial charge in [0.15, 0.2) is 0 Å². The molecule has 0 radical (unpaired) electrons. The molecule has 0 spiro atoms. The average Bonchev–Trinajstić information content (AvgIpc) is 2.68. The predicted molar refractivity (Wildman–Crippen MR) is 178 cm³/mol. The zero-order valence-electron chi connectivity index (χ0n) is 31.0. The maximum Gasteiger partial charge on any atom is 1.00 e. The van der Waals surface area contributed by atoms with Crippen LogP contribution in [0.2, 0.25) is 0 Å². The van der Waals surface area contributed by atoms with Crippen LogP contribution in [0.1, 0.15) is 144 Å². The van der Waals surface area contributed by atoms with Gasteiger partial charge >= 0.3 is 51.4 Å². The van der Waals surface area contributed by atoms with Crippen molar-refractivity contribution in [3.05, 3.63) is 30.2 Å². The minimum Gasteiger partial charge on any atom is -0.542 e. The second-order valence-corrected chi connectivity index (χ2v) is 16.8. The largest absolute Gasteiger partial charge is 1.00 e. The van der Waals surface area contributed by atoms with Crippen LogP contribution in [0.4, 0.5) is 0 Å². The van der Waals surface area contributed by atoms with E-state index in [1.54, 1.807) is 0 Å². The third-order valence-corrected chi connectivity index (χ3v) is 4.36. The Labute approximate surface area is 297 Å². The Morgan fingerprint density at radius 1 is 0.525 bits per heavy atom. The van der Waals surface area contributed by atoms with Crippen molar-refractivity contribution >= 4 is 12.6 Å². The van der Waals surface area contributed by atoms with Crippen molar-refractivity contribution in [2.75, 3.05) is 0 Å². The molecule has 0 saturated heterocycles. The van der Waals surface area contributed by atoms with E-state index in [1.807, 2.05) is 38.6 Å². The summed E-state index contributed by atoms with van der Waals surface area (Å²) in [7, 11) is 0. The molecule has 0 N–H and O–H groups in total. The molecule has 0 amide bonds. The molecule has 234 valence electrons. The fourth-order valence-corrected chi connectivity index (χ4v) is 2.70. The van der Waals surface area contributed by atoms with Gasteiger partial charge in [0.05, 0.1) is 0 Å². The second kappa shape index (κ2) is 25.9. The van der Waals surface area contributed by atoms with Gasteiger partial charge in [-0.1, -0.05) is 135 Å². The van der Waals surface area contributed by atoms with Crippen molar-refractivity contribution in [1.29, 1.82) is 0 Å². The van der Waals surface area contributed by atoms with Crippen molar-refractivity contribution in [3.63, 3.8) is 0 Å². The molecular weight excluding hydrogens is 516 g/mol. The molecule has 2 rings (SSSR count). The van der Waals surface area contributed by atoms with Crippen molar-refractivity contribution in [1.82, 2.24) is 0 Å². The van der Waals surface area contributed by atoms with Gasteiger partial charge in [-0.3, -0.25) is 12.6 Å². The SMILES string of the molecule is CC(C)(C)C.CC(C)(C)C.CC(C)(C)C.CC1C=CC(C)C([C-]=O)C1[C-]=O.CC1C=CC(C)CC1.C[C-](C)C.[K+]. The van der Waals surface area contributed by atoms with E-state index in [0.29, 0.717) is 16.2 Å². The summed E-state index contributed by atoms with van der Waals surface area (Å²) in [5.41, 5.74) is 1.50. The Hall–Kier alpha value is 0.456. The normalized spacial score (nSPS) is 25.2. The third kappa shape index (κ3) is 54.5.